The van der Waals surface area contributed by atoms with Gasteiger partial charge in [-0.05, 0) is 44.2 Å². The van der Waals surface area contributed by atoms with E-state index in [1.165, 1.54) is 27.5 Å². The quantitative estimate of drug-likeness (QED) is 0.171. The Balaban J connectivity index is 1.42. The number of nitrogens with zero attached hydrogens (tertiary/aromatic N) is 4. The molecule has 1 saturated heterocycles. The number of pyridine rings is 1. The lowest BCUT2D eigenvalue weighted by molar-refractivity contribution is -0.114. The molecule has 230 valence electrons. The molecular weight excluding hydrogens is 605 g/mol. The topological polar surface area (TPSA) is 123 Å². The maximum absolute atomic E-state index is 12.1. The number of anilines is 5. The molecule has 13 heteroatoms. The summed E-state index contributed by atoms with van der Waals surface area (Å²) >= 11 is 13.2. The van der Waals surface area contributed by atoms with Crippen LogP contribution < -0.4 is 30.2 Å². The number of aromatic nitrogens is 3. The fraction of sp³-hybridized carbons (Fsp3) is 0.290. The van der Waals surface area contributed by atoms with Gasteiger partial charge in [-0.15, -0.1) is 0 Å². The molecule has 3 N–H and O–H groups in total. The number of likely N-dealkylation sites (tertiary alicyclic amines) is 1. The summed E-state index contributed by atoms with van der Waals surface area (Å²) in [6.07, 6.45) is 5.11. The van der Waals surface area contributed by atoms with Crippen molar-refractivity contribution in [2.45, 2.75) is 25.9 Å². The van der Waals surface area contributed by atoms with Crippen LogP contribution in [-0.4, -0.2) is 66.2 Å². The molecule has 1 aliphatic heterocycles. The van der Waals surface area contributed by atoms with Gasteiger partial charge in [-0.25, -0.2) is 15.0 Å². The third kappa shape index (κ3) is 7.24. The van der Waals surface area contributed by atoms with Crippen molar-refractivity contribution in [1.82, 2.24) is 19.9 Å². The first-order valence-electron chi connectivity index (χ1n) is 13.9. The van der Waals surface area contributed by atoms with Gasteiger partial charge in [-0.3, -0.25) is 4.79 Å². The number of amides is 1. The maximum Gasteiger partial charge on any atom is 0.221 e. The van der Waals surface area contributed by atoms with Gasteiger partial charge in [0.2, 0.25) is 5.91 Å². The van der Waals surface area contributed by atoms with Gasteiger partial charge >= 0.3 is 0 Å². The van der Waals surface area contributed by atoms with E-state index in [9.17, 15) is 4.79 Å². The number of piperidine rings is 1. The summed E-state index contributed by atoms with van der Waals surface area (Å²) < 4.78 is 17.0. The Kier molecular flexibility index (Phi) is 9.89. The van der Waals surface area contributed by atoms with Crippen LogP contribution in [0.15, 0.2) is 55.0 Å². The first-order valence-corrected chi connectivity index (χ1v) is 14.7. The molecule has 1 amide bonds. The maximum atomic E-state index is 12.1. The van der Waals surface area contributed by atoms with E-state index in [2.05, 4.69) is 42.8 Å². The average molecular weight is 639 g/mol. The molecule has 0 bridgehead atoms. The summed E-state index contributed by atoms with van der Waals surface area (Å²) in [6.45, 7) is 3.44. The molecular formula is C31H33Cl2N7O4. The molecule has 0 atom stereocenters. The summed E-state index contributed by atoms with van der Waals surface area (Å²) in [5.74, 6) is 2.21. The molecule has 0 unspecified atom stereocenters. The Bertz CT molecular complexity index is 1620. The van der Waals surface area contributed by atoms with Crippen LogP contribution in [0.3, 0.4) is 0 Å². The standard InChI is InChI=1S/C31H33Cl2N7O4/c1-18(41)37-24-14-20(44-19-9-12-40(2)13-10-19)7-8-22(24)38-27-15-23(35-17-36-27)21-6-5-11-34-31(21)39-30-28(32)25(42-3)16-26(43-4)29(30)33/h5-8,11,14-17,19H,9-10,12-13H2,1-4H3,(H,34,39)(H,37,41)(H,35,36,38). The van der Waals surface area contributed by atoms with E-state index in [1.807, 2.05) is 24.3 Å². The smallest absolute Gasteiger partial charge is 0.221 e. The molecule has 2 aromatic heterocycles. The van der Waals surface area contributed by atoms with E-state index in [0.717, 1.165) is 25.9 Å². The number of methoxy groups -OCH3 is 2. The Morgan fingerprint density at radius 1 is 0.932 bits per heavy atom. The van der Waals surface area contributed by atoms with Crippen molar-refractivity contribution in [3.8, 4) is 28.5 Å². The van der Waals surface area contributed by atoms with E-state index in [1.54, 1.807) is 24.4 Å². The minimum absolute atomic E-state index is 0.129. The molecule has 0 spiro atoms. The number of hydrogen-bond donors (Lipinski definition) is 3. The molecule has 2 aromatic carbocycles. The monoisotopic (exact) mass is 637 g/mol. The average Bonchev–Trinajstić information content (AvgIpc) is 3.02. The van der Waals surface area contributed by atoms with Crippen molar-refractivity contribution in [3.05, 3.63) is 65.0 Å². The van der Waals surface area contributed by atoms with Crippen molar-refractivity contribution in [2.75, 3.05) is 50.3 Å². The molecule has 3 heterocycles. The number of carbonyl (C=O) groups excluding carboxylic acids is 1. The second-order valence-corrected chi connectivity index (χ2v) is 11.0. The number of benzene rings is 2. The second kappa shape index (κ2) is 14.0. The molecule has 0 radical (unpaired) electrons. The van der Waals surface area contributed by atoms with Crippen LogP contribution in [0.5, 0.6) is 17.2 Å². The highest BCUT2D eigenvalue weighted by molar-refractivity contribution is 6.41. The van der Waals surface area contributed by atoms with Crippen molar-refractivity contribution < 1.29 is 19.0 Å². The van der Waals surface area contributed by atoms with E-state index in [4.69, 9.17) is 37.4 Å². The number of ether oxygens (including phenoxy) is 3. The van der Waals surface area contributed by atoms with Gasteiger partial charge in [0.05, 0.1) is 37.0 Å². The van der Waals surface area contributed by atoms with E-state index in [0.29, 0.717) is 57.2 Å². The Hall–Kier alpha value is -4.32. The third-order valence-electron chi connectivity index (χ3n) is 7.10. The highest BCUT2D eigenvalue weighted by Gasteiger charge is 2.21. The minimum atomic E-state index is -0.203. The Morgan fingerprint density at radius 2 is 1.66 bits per heavy atom. The molecule has 0 aliphatic carbocycles. The Morgan fingerprint density at radius 3 is 2.34 bits per heavy atom. The highest BCUT2D eigenvalue weighted by Crippen LogP contribution is 2.46. The van der Waals surface area contributed by atoms with Crippen LogP contribution in [0.2, 0.25) is 10.0 Å². The lowest BCUT2D eigenvalue weighted by atomic mass is 10.1. The van der Waals surface area contributed by atoms with Gasteiger partial charge in [-0.2, -0.15) is 0 Å². The van der Waals surface area contributed by atoms with Crippen molar-refractivity contribution >= 4 is 57.8 Å². The van der Waals surface area contributed by atoms with Crippen LogP contribution >= 0.6 is 23.2 Å². The van der Waals surface area contributed by atoms with Gasteiger partial charge in [-0.1, -0.05) is 23.2 Å². The predicted molar refractivity (Wildman–Crippen MR) is 173 cm³/mol. The minimum Gasteiger partial charge on any atom is -0.495 e. The number of hydrogen-bond acceptors (Lipinski definition) is 10. The lowest BCUT2D eigenvalue weighted by Gasteiger charge is -2.29. The van der Waals surface area contributed by atoms with Crippen LogP contribution in [0.4, 0.5) is 28.7 Å². The fourth-order valence-electron chi connectivity index (χ4n) is 4.83. The SMILES string of the molecule is COc1cc(OC)c(Cl)c(Nc2ncccc2-c2cc(Nc3ccc(OC4CCN(C)CC4)cc3NC(C)=O)ncn2)c1Cl. The van der Waals surface area contributed by atoms with Crippen LogP contribution in [-0.2, 0) is 4.79 Å². The van der Waals surface area contributed by atoms with Gasteiger partial charge in [0.25, 0.3) is 0 Å². The van der Waals surface area contributed by atoms with Crippen LogP contribution in [0.25, 0.3) is 11.3 Å². The summed E-state index contributed by atoms with van der Waals surface area (Å²) in [5.41, 5.74) is 2.83. The molecule has 44 heavy (non-hydrogen) atoms. The lowest BCUT2D eigenvalue weighted by Crippen LogP contribution is -2.35. The zero-order valence-corrected chi connectivity index (χ0v) is 26.3. The first kappa shape index (κ1) is 31.1. The largest absolute Gasteiger partial charge is 0.495 e. The van der Waals surface area contributed by atoms with Gasteiger partial charge in [0, 0.05) is 50.0 Å². The van der Waals surface area contributed by atoms with Crippen molar-refractivity contribution in [2.24, 2.45) is 0 Å². The summed E-state index contributed by atoms with van der Waals surface area (Å²) in [7, 11) is 5.13. The summed E-state index contributed by atoms with van der Waals surface area (Å²) in [5, 5.41) is 9.95. The fourth-order valence-corrected chi connectivity index (χ4v) is 5.43. The zero-order valence-electron chi connectivity index (χ0n) is 24.8. The van der Waals surface area contributed by atoms with Gasteiger partial charge in [0.1, 0.15) is 51.4 Å². The number of nitrogens with one attached hydrogen (secondary N) is 3. The zero-order chi connectivity index (χ0) is 31.2. The van der Waals surface area contributed by atoms with E-state index >= 15 is 0 Å². The second-order valence-electron chi connectivity index (χ2n) is 10.2. The third-order valence-corrected chi connectivity index (χ3v) is 7.85. The summed E-state index contributed by atoms with van der Waals surface area (Å²) in [4.78, 5) is 27.7. The van der Waals surface area contributed by atoms with Gasteiger partial charge < -0.3 is 35.1 Å². The molecule has 5 rings (SSSR count). The highest BCUT2D eigenvalue weighted by atomic mass is 35.5. The number of rotatable bonds is 10. The van der Waals surface area contributed by atoms with E-state index in [-0.39, 0.29) is 22.1 Å². The van der Waals surface area contributed by atoms with E-state index < -0.39 is 0 Å². The predicted octanol–water partition coefficient (Wildman–Crippen LogP) is 6.78. The normalized spacial score (nSPS) is 13.7. The molecule has 1 aliphatic rings. The van der Waals surface area contributed by atoms with Crippen LogP contribution in [0, 0.1) is 0 Å². The van der Waals surface area contributed by atoms with Crippen molar-refractivity contribution in [1.29, 1.82) is 0 Å². The number of carbonyl (C=O) groups is 1. The first-order chi connectivity index (χ1) is 21.2. The van der Waals surface area contributed by atoms with Crippen molar-refractivity contribution in [3.63, 3.8) is 0 Å². The molecule has 11 nitrogen and oxygen atoms in total. The Labute approximate surface area is 265 Å². The number of halogens is 2. The molecule has 0 saturated carbocycles. The van der Waals surface area contributed by atoms with Gasteiger partial charge in [0.15, 0.2) is 0 Å². The molecule has 4 aromatic rings. The summed E-state index contributed by atoms with van der Waals surface area (Å²) in [6, 6.07) is 12.6. The van der Waals surface area contributed by atoms with Crippen LogP contribution in [0.1, 0.15) is 19.8 Å². The molecule has 1 fully saturated rings.